The average Bonchev–Trinajstić information content (AvgIpc) is 2.87. The number of hydrogen-bond donors (Lipinski definition) is 1. The highest BCUT2D eigenvalue weighted by atomic mass is 32.2. The molecule has 0 amide bonds. The third kappa shape index (κ3) is 2.05. The van der Waals surface area contributed by atoms with Gasteiger partial charge in [-0.25, -0.2) is 13.6 Å². The van der Waals surface area contributed by atoms with Gasteiger partial charge in [-0.2, -0.15) is 0 Å². The number of nitrogens with two attached hydrogens (primary N) is 1. The molecule has 76 valence electrons. The van der Waals surface area contributed by atoms with E-state index in [9.17, 15) is 8.42 Å². The Hall–Kier alpha value is -1.07. The van der Waals surface area contributed by atoms with E-state index in [-0.39, 0.29) is 11.0 Å². The van der Waals surface area contributed by atoms with E-state index in [0.717, 1.165) is 12.8 Å². The fraction of sp³-hybridized carbons (Fsp3) is 0.333. The van der Waals surface area contributed by atoms with Crippen molar-refractivity contribution in [1.82, 2.24) is 0 Å². The zero-order valence-corrected chi connectivity index (χ0v) is 8.33. The first-order valence-corrected chi connectivity index (χ1v) is 5.90. The molecule has 1 fully saturated rings. The predicted molar refractivity (Wildman–Crippen MR) is 51.5 cm³/mol. The van der Waals surface area contributed by atoms with Crippen LogP contribution < -0.4 is 9.88 Å². The van der Waals surface area contributed by atoms with Crippen molar-refractivity contribution in [2.45, 2.75) is 23.8 Å². The largest absolute Gasteiger partial charge is 0.489 e. The first kappa shape index (κ1) is 9.48. The molecule has 1 aliphatic carbocycles. The molecule has 5 heteroatoms. The Morgan fingerprint density at radius 3 is 2.50 bits per heavy atom. The zero-order chi connectivity index (χ0) is 10.2. The predicted octanol–water partition coefficient (Wildman–Crippen LogP) is 0.875. The summed E-state index contributed by atoms with van der Waals surface area (Å²) in [6.07, 6.45) is 2.13. The molecule has 0 unspecified atom stereocenters. The van der Waals surface area contributed by atoms with Gasteiger partial charge in [0.15, 0.2) is 0 Å². The van der Waals surface area contributed by atoms with E-state index in [1.165, 1.54) is 6.07 Å². The van der Waals surface area contributed by atoms with Crippen molar-refractivity contribution in [2.24, 2.45) is 5.14 Å². The maximum Gasteiger partial charge on any atom is 0.241 e. The van der Waals surface area contributed by atoms with Crippen molar-refractivity contribution >= 4 is 10.0 Å². The van der Waals surface area contributed by atoms with Crippen LogP contribution in [0.2, 0.25) is 0 Å². The van der Waals surface area contributed by atoms with E-state index in [4.69, 9.17) is 9.88 Å². The molecule has 1 aromatic carbocycles. The summed E-state index contributed by atoms with van der Waals surface area (Å²) in [6, 6.07) is 6.43. The number of primary sulfonamides is 1. The van der Waals surface area contributed by atoms with Crippen molar-refractivity contribution in [2.75, 3.05) is 0 Å². The second-order valence-corrected chi connectivity index (χ2v) is 4.84. The lowest BCUT2D eigenvalue weighted by Crippen LogP contribution is -2.14. The van der Waals surface area contributed by atoms with Crippen LogP contribution in [0.5, 0.6) is 5.75 Å². The van der Waals surface area contributed by atoms with Gasteiger partial charge >= 0.3 is 0 Å². The monoisotopic (exact) mass is 213 g/mol. The SMILES string of the molecule is NS(=O)(=O)c1ccccc1OC1CC1. The Kier molecular flexibility index (Phi) is 2.20. The molecule has 14 heavy (non-hydrogen) atoms. The summed E-state index contributed by atoms with van der Waals surface area (Å²) < 4.78 is 27.7. The quantitative estimate of drug-likeness (QED) is 0.810. The Balaban J connectivity index is 2.37. The first-order chi connectivity index (χ1) is 6.57. The summed E-state index contributed by atoms with van der Waals surface area (Å²) in [5, 5.41) is 5.05. The van der Waals surface area contributed by atoms with Gasteiger partial charge in [0, 0.05) is 0 Å². The normalized spacial score (nSPS) is 16.6. The molecule has 2 N–H and O–H groups in total. The standard InChI is InChI=1S/C9H11NO3S/c10-14(11,12)9-4-2-1-3-8(9)13-7-5-6-7/h1-4,7H,5-6H2,(H2,10,11,12). The van der Waals surface area contributed by atoms with Crippen LogP contribution in [0.25, 0.3) is 0 Å². The number of benzene rings is 1. The first-order valence-electron chi connectivity index (χ1n) is 4.36. The van der Waals surface area contributed by atoms with E-state index in [1.807, 2.05) is 0 Å². The van der Waals surface area contributed by atoms with Crippen LogP contribution in [0.4, 0.5) is 0 Å². The Morgan fingerprint density at radius 2 is 1.93 bits per heavy atom. The lowest BCUT2D eigenvalue weighted by Gasteiger charge is -2.08. The highest BCUT2D eigenvalue weighted by Gasteiger charge is 2.26. The van der Waals surface area contributed by atoms with E-state index < -0.39 is 10.0 Å². The number of ether oxygens (including phenoxy) is 1. The second kappa shape index (κ2) is 3.25. The molecule has 1 saturated carbocycles. The lowest BCUT2D eigenvalue weighted by atomic mass is 10.3. The maximum atomic E-state index is 11.2. The Labute approximate surface area is 82.7 Å². The van der Waals surface area contributed by atoms with Gasteiger partial charge in [0.2, 0.25) is 10.0 Å². The van der Waals surface area contributed by atoms with Gasteiger partial charge in [-0.15, -0.1) is 0 Å². The van der Waals surface area contributed by atoms with Gasteiger partial charge < -0.3 is 4.74 Å². The number of rotatable bonds is 3. The van der Waals surface area contributed by atoms with Crippen LogP contribution >= 0.6 is 0 Å². The highest BCUT2D eigenvalue weighted by molar-refractivity contribution is 7.89. The Bertz CT molecular complexity index is 437. The molecule has 2 rings (SSSR count). The van der Waals surface area contributed by atoms with Crippen LogP contribution in [0.3, 0.4) is 0 Å². The molecule has 1 aromatic rings. The van der Waals surface area contributed by atoms with Crippen LogP contribution in [-0.4, -0.2) is 14.5 Å². The lowest BCUT2D eigenvalue weighted by molar-refractivity contribution is 0.295. The highest BCUT2D eigenvalue weighted by Crippen LogP contribution is 2.30. The van der Waals surface area contributed by atoms with Gasteiger partial charge in [0.1, 0.15) is 10.6 Å². The van der Waals surface area contributed by atoms with Gasteiger partial charge in [-0.3, -0.25) is 0 Å². The minimum Gasteiger partial charge on any atom is -0.489 e. The number of para-hydroxylation sites is 1. The Morgan fingerprint density at radius 1 is 1.29 bits per heavy atom. The molecule has 0 aromatic heterocycles. The average molecular weight is 213 g/mol. The van der Waals surface area contributed by atoms with Crippen LogP contribution in [0.1, 0.15) is 12.8 Å². The van der Waals surface area contributed by atoms with Crippen molar-refractivity contribution < 1.29 is 13.2 Å². The van der Waals surface area contributed by atoms with E-state index in [0.29, 0.717) is 5.75 Å². The maximum absolute atomic E-state index is 11.2. The molecule has 0 aliphatic heterocycles. The number of hydrogen-bond acceptors (Lipinski definition) is 3. The summed E-state index contributed by atoms with van der Waals surface area (Å²) in [7, 11) is -3.68. The summed E-state index contributed by atoms with van der Waals surface area (Å²) in [6.45, 7) is 0. The molecule has 0 atom stereocenters. The molecule has 0 saturated heterocycles. The third-order valence-electron chi connectivity index (χ3n) is 1.97. The van der Waals surface area contributed by atoms with Crippen LogP contribution in [0.15, 0.2) is 29.2 Å². The molecular formula is C9H11NO3S. The molecule has 0 spiro atoms. The van der Waals surface area contributed by atoms with Crippen molar-refractivity contribution in [3.63, 3.8) is 0 Å². The van der Waals surface area contributed by atoms with Gasteiger partial charge in [-0.1, -0.05) is 12.1 Å². The van der Waals surface area contributed by atoms with Crippen LogP contribution in [0, 0.1) is 0 Å². The fourth-order valence-electron chi connectivity index (χ4n) is 1.15. The minimum atomic E-state index is -3.68. The van der Waals surface area contributed by atoms with Crippen molar-refractivity contribution in [3.05, 3.63) is 24.3 Å². The van der Waals surface area contributed by atoms with Gasteiger partial charge in [-0.05, 0) is 25.0 Å². The van der Waals surface area contributed by atoms with Crippen molar-refractivity contribution in [3.8, 4) is 5.75 Å². The molecule has 0 bridgehead atoms. The minimum absolute atomic E-state index is 0.0619. The molecular weight excluding hydrogens is 202 g/mol. The summed E-state index contributed by atoms with van der Waals surface area (Å²) >= 11 is 0. The molecule has 0 radical (unpaired) electrons. The molecule has 0 heterocycles. The topological polar surface area (TPSA) is 69.4 Å². The zero-order valence-electron chi connectivity index (χ0n) is 7.51. The third-order valence-corrected chi connectivity index (χ3v) is 2.92. The fourth-order valence-corrected chi connectivity index (χ4v) is 1.81. The van der Waals surface area contributed by atoms with E-state index in [1.54, 1.807) is 18.2 Å². The summed E-state index contributed by atoms with van der Waals surface area (Å²) in [5.41, 5.74) is 0. The second-order valence-electron chi connectivity index (χ2n) is 3.31. The van der Waals surface area contributed by atoms with Crippen LogP contribution in [-0.2, 0) is 10.0 Å². The number of sulfonamides is 1. The van der Waals surface area contributed by atoms with E-state index >= 15 is 0 Å². The summed E-state index contributed by atoms with van der Waals surface area (Å²) in [4.78, 5) is 0.0619. The van der Waals surface area contributed by atoms with Gasteiger partial charge in [0.05, 0.1) is 6.10 Å². The molecule has 1 aliphatic rings. The molecule has 4 nitrogen and oxygen atoms in total. The smallest absolute Gasteiger partial charge is 0.241 e. The summed E-state index contributed by atoms with van der Waals surface area (Å²) in [5.74, 6) is 0.359. The van der Waals surface area contributed by atoms with E-state index in [2.05, 4.69) is 0 Å². The van der Waals surface area contributed by atoms with Crippen molar-refractivity contribution in [1.29, 1.82) is 0 Å². The van der Waals surface area contributed by atoms with Gasteiger partial charge in [0.25, 0.3) is 0 Å².